The van der Waals surface area contributed by atoms with E-state index < -0.39 is 0 Å². The first-order chi connectivity index (χ1) is 6.95. The topological polar surface area (TPSA) is 15.3 Å². The average Bonchev–Trinajstić information content (AvgIpc) is 2.15. The van der Waals surface area contributed by atoms with Gasteiger partial charge in [0.1, 0.15) is 0 Å². The summed E-state index contributed by atoms with van der Waals surface area (Å²) >= 11 is 0. The predicted molar refractivity (Wildman–Crippen MR) is 67.2 cm³/mol. The van der Waals surface area contributed by atoms with Gasteiger partial charge in [-0.15, -0.1) is 0 Å². The Morgan fingerprint density at radius 1 is 1.33 bits per heavy atom. The summed E-state index contributed by atoms with van der Waals surface area (Å²) in [6, 6.07) is 1.35. The monoisotopic (exact) mass is 212 g/mol. The van der Waals surface area contributed by atoms with Crippen molar-refractivity contribution in [1.82, 2.24) is 10.2 Å². The molecule has 0 saturated carbocycles. The first-order valence-electron chi connectivity index (χ1n) is 6.42. The van der Waals surface area contributed by atoms with Crippen molar-refractivity contribution in [3.63, 3.8) is 0 Å². The number of hydrogen-bond acceptors (Lipinski definition) is 2. The van der Waals surface area contributed by atoms with Crippen LogP contribution in [0.15, 0.2) is 0 Å². The average molecular weight is 212 g/mol. The van der Waals surface area contributed by atoms with Gasteiger partial charge in [-0.1, -0.05) is 34.1 Å². The first kappa shape index (κ1) is 13.0. The normalized spacial score (nSPS) is 29.4. The Kier molecular flexibility index (Phi) is 4.60. The Hall–Kier alpha value is -0.0800. The van der Waals surface area contributed by atoms with Gasteiger partial charge in [0.25, 0.3) is 0 Å². The molecule has 0 amide bonds. The fourth-order valence-corrected chi connectivity index (χ4v) is 2.17. The second-order valence-corrected chi connectivity index (χ2v) is 6.02. The van der Waals surface area contributed by atoms with Crippen LogP contribution in [-0.2, 0) is 0 Å². The van der Waals surface area contributed by atoms with Crippen LogP contribution in [0.5, 0.6) is 0 Å². The summed E-state index contributed by atoms with van der Waals surface area (Å²) in [6.07, 6.45) is 2.64. The number of hydrogen-bond donors (Lipinski definition) is 1. The summed E-state index contributed by atoms with van der Waals surface area (Å²) in [5, 5.41) is 3.67. The van der Waals surface area contributed by atoms with E-state index in [9.17, 15) is 0 Å². The number of nitrogens with zero attached hydrogens (tertiary/aromatic N) is 1. The molecule has 2 unspecified atom stereocenters. The van der Waals surface area contributed by atoms with Crippen LogP contribution < -0.4 is 5.32 Å². The molecule has 0 aromatic rings. The van der Waals surface area contributed by atoms with Gasteiger partial charge in [-0.2, -0.15) is 0 Å². The van der Waals surface area contributed by atoms with Crippen molar-refractivity contribution in [3.8, 4) is 0 Å². The summed E-state index contributed by atoms with van der Waals surface area (Å²) in [4.78, 5) is 2.65. The van der Waals surface area contributed by atoms with Crippen LogP contribution in [0.25, 0.3) is 0 Å². The van der Waals surface area contributed by atoms with E-state index in [-0.39, 0.29) is 0 Å². The lowest BCUT2D eigenvalue weighted by Crippen LogP contribution is -2.59. The van der Waals surface area contributed by atoms with Gasteiger partial charge >= 0.3 is 0 Å². The van der Waals surface area contributed by atoms with E-state index in [1.165, 1.54) is 25.9 Å². The molecule has 2 atom stereocenters. The van der Waals surface area contributed by atoms with Gasteiger partial charge in [-0.05, 0) is 25.3 Å². The molecular weight excluding hydrogens is 184 g/mol. The van der Waals surface area contributed by atoms with Crippen molar-refractivity contribution >= 4 is 0 Å². The minimum Gasteiger partial charge on any atom is -0.311 e. The van der Waals surface area contributed by atoms with Crippen LogP contribution in [-0.4, -0.2) is 36.6 Å². The molecule has 0 aromatic heterocycles. The molecule has 0 bridgehead atoms. The summed E-state index contributed by atoms with van der Waals surface area (Å²) in [7, 11) is 0. The molecule has 2 nitrogen and oxygen atoms in total. The summed E-state index contributed by atoms with van der Waals surface area (Å²) in [5.74, 6) is 0. The Morgan fingerprint density at radius 3 is 2.53 bits per heavy atom. The second-order valence-electron chi connectivity index (χ2n) is 6.02. The highest BCUT2D eigenvalue weighted by Gasteiger charge is 2.31. The van der Waals surface area contributed by atoms with Gasteiger partial charge in [0, 0.05) is 25.2 Å². The molecule has 90 valence electrons. The molecule has 1 saturated heterocycles. The Balaban J connectivity index is 2.48. The smallest absolute Gasteiger partial charge is 0.0244 e. The molecule has 1 aliphatic rings. The first-order valence-corrected chi connectivity index (χ1v) is 6.42. The lowest BCUT2D eigenvalue weighted by molar-refractivity contribution is 0.0926. The number of piperazine rings is 1. The molecule has 1 heterocycles. The Labute approximate surface area is 95.4 Å². The second kappa shape index (κ2) is 5.31. The van der Waals surface area contributed by atoms with E-state index in [1.807, 2.05) is 0 Å². The van der Waals surface area contributed by atoms with Crippen LogP contribution >= 0.6 is 0 Å². The molecular formula is C13H28N2. The molecule has 1 aliphatic heterocycles. The highest BCUT2D eigenvalue weighted by atomic mass is 15.2. The fourth-order valence-electron chi connectivity index (χ4n) is 2.17. The zero-order valence-corrected chi connectivity index (χ0v) is 11.1. The minimum absolute atomic E-state index is 0.380. The summed E-state index contributed by atoms with van der Waals surface area (Å²) in [6.45, 7) is 15.2. The van der Waals surface area contributed by atoms with Crippen LogP contribution in [0.1, 0.15) is 47.5 Å². The van der Waals surface area contributed by atoms with Crippen molar-refractivity contribution in [2.75, 3.05) is 19.6 Å². The fraction of sp³-hybridized carbons (Fsp3) is 1.00. The summed E-state index contributed by atoms with van der Waals surface area (Å²) in [5.41, 5.74) is 0.380. The third kappa shape index (κ3) is 3.76. The van der Waals surface area contributed by atoms with Gasteiger partial charge in [-0.3, -0.25) is 4.90 Å². The van der Waals surface area contributed by atoms with Crippen molar-refractivity contribution in [1.29, 1.82) is 0 Å². The van der Waals surface area contributed by atoms with Gasteiger partial charge in [0.2, 0.25) is 0 Å². The van der Waals surface area contributed by atoms with E-state index >= 15 is 0 Å². The third-order valence-corrected chi connectivity index (χ3v) is 3.54. The van der Waals surface area contributed by atoms with E-state index in [0.717, 1.165) is 6.54 Å². The molecule has 1 rings (SSSR count). The lowest BCUT2D eigenvalue weighted by Gasteiger charge is -2.44. The van der Waals surface area contributed by atoms with Crippen molar-refractivity contribution in [3.05, 3.63) is 0 Å². The molecule has 0 spiro atoms. The van der Waals surface area contributed by atoms with E-state index in [4.69, 9.17) is 0 Å². The number of rotatable bonds is 3. The molecule has 15 heavy (non-hydrogen) atoms. The van der Waals surface area contributed by atoms with Crippen LogP contribution in [0.4, 0.5) is 0 Å². The maximum atomic E-state index is 3.67. The number of unbranched alkanes of at least 4 members (excludes halogenated alkanes) is 1. The van der Waals surface area contributed by atoms with Gasteiger partial charge in [0.05, 0.1) is 0 Å². The molecule has 0 radical (unpaired) electrons. The van der Waals surface area contributed by atoms with Crippen LogP contribution in [0.2, 0.25) is 0 Å². The molecule has 1 fully saturated rings. The van der Waals surface area contributed by atoms with Gasteiger partial charge in [-0.25, -0.2) is 0 Å². The number of nitrogens with one attached hydrogen (secondary N) is 1. The standard InChI is InChI=1S/C13H28N2/c1-6-7-8-15-10-12(13(3,4)5)14-9-11(15)2/h11-12,14H,6-10H2,1-5H3. The highest BCUT2D eigenvalue weighted by Crippen LogP contribution is 2.23. The van der Waals surface area contributed by atoms with Crippen molar-refractivity contribution in [2.24, 2.45) is 5.41 Å². The largest absolute Gasteiger partial charge is 0.311 e. The van der Waals surface area contributed by atoms with Gasteiger partial charge in [0.15, 0.2) is 0 Å². The maximum absolute atomic E-state index is 3.67. The zero-order chi connectivity index (χ0) is 11.5. The third-order valence-electron chi connectivity index (χ3n) is 3.54. The predicted octanol–water partition coefficient (Wildman–Crippen LogP) is 2.49. The Morgan fingerprint density at radius 2 is 2.00 bits per heavy atom. The molecule has 0 aliphatic carbocycles. The maximum Gasteiger partial charge on any atom is 0.0244 e. The van der Waals surface area contributed by atoms with Crippen molar-refractivity contribution < 1.29 is 0 Å². The zero-order valence-electron chi connectivity index (χ0n) is 11.1. The van der Waals surface area contributed by atoms with E-state index in [0.29, 0.717) is 17.5 Å². The quantitative estimate of drug-likeness (QED) is 0.773. The van der Waals surface area contributed by atoms with E-state index in [1.54, 1.807) is 0 Å². The highest BCUT2D eigenvalue weighted by molar-refractivity contribution is 4.90. The molecule has 0 aromatic carbocycles. The lowest BCUT2D eigenvalue weighted by atomic mass is 9.85. The Bertz CT molecular complexity index is 183. The van der Waals surface area contributed by atoms with Crippen LogP contribution in [0, 0.1) is 5.41 Å². The SMILES string of the molecule is CCCCN1CC(C(C)(C)C)NCC1C. The molecule has 1 N–H and O–H groups in total. The summed E-state index contributed by atoms with van der Waals surface area (Å²) < 4.78 is 0. The van der Waals surface area contributed by atoms with Crippen molar-refractivity contribution in [2.45, 2.75) is 59.5 Å². The van der Waals surface area contributed by atoms with Gasteiger partial charge < -0.3 is 5.32 Å². The van der Waals surface area contributed by atoms with E-state index in [2.05, 4.69) is 44.8 Å². The minimum atomic E-state index is 0.380. The van der Waals surface area contributed by atoms with Crippen LogP contribution in [0.3, 0.4) is 0 Å². The molecule has 2 heteroatoms.